The average molecular weight is 392 g/mol. The molecule has 1 amide bonds. The number of para-hydroxylation sites is 2. The number of aryl methyl sites for hydroxylation is 1. The number of amides is 1. The third-order valence-electron chi connectivity index (χ3n) is 3.94. The Balaban J connectivity index is 1.86. The van der Waals surface area contributed by atoms with Gasteiger partial charge >= 0.3 is 0 Å². The van der Waals surface area contributed by atoms with Crippen LogP contribution in [0.25, 0.3) is 11.0 Å². The fourth-order valence-electron chi connectivity index (χ4n) is 2.79. The highest BCUT2D eigenvalue weighted by Gasteiger charge is 2.10. The zero-order chi connectivity index (χ0) is 17.4. The van der Waals surface area contributed by atoms with Crippen LogP contribution in [-0.2, 0) is 17.8 Å². The fraction of sp³-hybridized carbons (Fsp3) is 0.474. The Bertz CT molecular complexity index is 693. The number of benzene rings is 1. The van der Waals surface area contributed by atoms with Crippen molar-refractivity contribution in [3.8, 4) is 0 Å². The minimum Gasteiger partial charge on any atom is -0.356 e. The largest absolute Gasteiger partial charge is 0.356 e. The second-order valence-electron chi connectivity index (χ2n) is 6.03. The number of unbranched alkanes of at least 4 members (excludes halogenated alkanes) is 2. The van der Waals surface area contributed by atoms with E-state index in [0.717, 1.165) is 66.5 Å². The molecular formula is C19H26BrN3O. The second kappa shape index (κ2) is 9.62. The summed E-state index contributed by atoms with van der Waals surface area (Å²) in [5, 5.41) is 2.96. The first-order valence-corrected chi connectivity index (χ1v) is 9.45. The lowest BCUT2D eigenvalue weighted by atomic mass is 10.2. The first kappa shape index (κ1) is 18.7. The summed E-state index contributed by atoms with van der Waals surface area (Å²) in [6, 6.07) is 8.21. The van der Waals surface area contributed by atoms with Crippen LogP contribution < -0.4 is 5.32 Å². The van der Waals surface area contributed by atoms with Crippen LogP contribution >= 0.6 is 15.9 Å². The fourth-order valence-corrected chi connectivity index (χ4v) is 3.04. The molecule has 1 heterocycles. The van der Waals surface area contributed by atoms with E-state index in [-0.39, 0.29) is 5.91 Å². The summed E-state index contributed by atoms with van der Waals surface area (Å²) in [7, 11) is 0. The number of allylic oxidation sites excluding steroid dienone is 1. The third-order valence-corrected chi connectivity index (χ3v) is 4.19. The summed E-state index contributed by atoms with van der Waals surface area (Å²) in [6.07, 6.45) is 5.65. The molecule has 1 aromatic carbocycles. The van der Waals surface area contributed by atoms with E-state index in [1.807, 2.05) is 19.1 Å². The molecule has 130 valence electrons. The van der Waals surface area contributed by atoms with E-state index in [2.05, 4.69) is 44.5 Å². The maximum Gasteiger partial charge on any atom is 0.219 e. The summed E-state index contributed by atoms with van der Waals surface area (Å²) in [4.78, 5) is 16.2. The smallest absolute Gasteiger partial charge is 0.219 e. The number of aromatic nitrogens is 2. The number of imidazole rings is 1. The average Bonchev–Trinajstić information content (AvgIpc) is 2.88. The van der Waals surface area contributed by atoms with Gasteiger partial charge in [0.15, 0.2) is 0 Å². The number of halogens is 1. The van der Waals surface area contributed by atoms with Gasteiger partial charge in [0.05, 0.1) is 17.6 Å². The van der Waals surface area contributed by atoms with Crippen LogP contribution in [0.4, 0.5) is 0 Å². The monoisotopic (exact) mass is 391 g/mol. The van der Waals surface area contributed by atoms with E-state index in [1.165, 1.54) is 0 Å². The molecule has 4 nitrogen and oxygen atoms in total. The number of carbonyl (C=O) groups excluding carboxylic acids is 1. The molecule has 24 heavy (non-hydrogen) atoms. The summed E-state index contributed by atoms with van der Waals surface area (Å²) >= 11 is 3.46. The molecule has 1 N–H and O–H groups in total. The summed E-state index contributed by atoms with van der Waals surface area (Å²) in [5.41, 5.74) is 2.19. The molecule has 2 rings (SSSR count). The molecule has 0 atom stereocenters. The molecule has 0 saturated carbocycles. The predicted octanol–water partition coefficient (Wildman–Crippen LogP) is 4.57. The van der Waals surface area contributed by atoms with E-state index in [0.29, 0.717) is 6.42 Å². The molecule has 0 aliphatic rings. The Morgan fingerprint density at radius 1 is 1.29 bits per heavy atom. The minimum atomic E-state index is 0.162. The van der Waals surface area contributed by atoms with E-state index >= 15 is 0 Å². The van der Waals surface area contributed by atoms with Crippen molar-refractivity contribution in [3.05, 3.63) is 41.2 Å². The summed E-state index contributed by atoms with van der Waals surface area (Å²) in [5.74, 6) is 1.27. The van der Waals surface area contributed by atoms with Crippen molar-refractivity contribution in [1.82, 2.24) is 14.9 Å². The van der Waals surface area contributed by atoms with Crippen molar-refractivity contribution in [2.45, 2.75) is 52.0 Å². The molecule has 2 aromatic rings. The lowest BCUT2D eigenvalue weighted by Crippen LogP contribution is -2.23. The van der Waals surface area contributed by atoms with Gasteiger partial charge in [-0.25, -0.2) is 4.98 Å². The molecule has 0 saturated heterocycles. The van der Waals surface area contributed by atoms with Gasteiger partial charge in [0, 0.05) is 23.9 Å². The summed E-state index contributed by atoms with van der Waals surface area (Å²) in [6.45, 7) is 7.49. The molecule has 1 aromatic heterocycles. The maximum absolute atomic E-state index is 11.4. The molecule has 5 heteroatoms. The number of nitrogens with one attached hydrogen (secondary N) is 1. The highest BCUT2D eigenvalue weighted by Crippen LogP contribution is 2.20. The van der Waals surface area contributed by atoms with Crippen LogP contribution in [0, 0.1) is 0 Å². The van der Waals surface area contributed by atoms with Crippen LogP contribution in [-0.4, -0.2) is 22.0 Å². The highest BCUT2D eigenvalue weighted by molar-refractivity contribution is 9.11. The van der Waals surface area contributed by atoms with Crippen LogP contribution in [0.3, 0.4) is 0 Å². The Morgan fingerprint density at radius 3 is 2.83 bits per heavy atom. The minimum absolute atomic E-state index is 0.162. The van der Waals surface area contributed by atoms with Crippen LogP contribution in [0.5, 0.6) is 0 Å². The number of hydrogen-bond acceptors (Lipinski definition) is 2. The van der Waals surface area contributed by atoms with Gasteiger partial charge in [-0.1, -0.05) is 48.0 Å². The lowest BCUT2D eigenvalue weighted by molar-refractivity contribution is -0.121. The topological polar surface area (TPSA) is 46.9 Å². The maximum atomic E-state index is 11.4. The van der Waals surface area contributed by atoms with Crippen LogP contribution in [0.15, 0.2) is 35.3 Å². The second-order valence-corrected chi connectivity index (χ2v) is 7.15. The molecule has 0 aliphatic carbocycles. The lowest BCUT2D eigenvalue weighted by Gasteiger charge is -2.08. The quantitative estimate of drug-likeness (QED) is 0.602. The molecule has 0 aliphatic heterocycles. The van der Waals surface area contributed by atoms with E-state index in [1.54, 1.807) is 0 Å². The van der Waals surface area contributed by atoms with Gasteiger partial charge in [0.1, 0.15) is 5.82 Å². The van der Waals surface area contributed by atoms with Crippen molar-refractivity contribution in [2.24, 2.45) is 0 Å². The van der Waals surface area contributed by atoms with E-state index < -0.39 is 0 Å². The Hall–Kier alpha value is -1.62. The number of fused-ring (bicyclic) bond motifs is 1. The van der Waals surface area contributed by atoms with E-state index in [4.69, 9.17) is 4.98 Å². The number of nitrogens with zero attached hydrogens (tertiary/aromatic N) is 2. The van der Waals surface area contributed by atoms with Crippen molar-refractivity contribution in [3.63, 3.8) is 0 Å². The van der Waals surface area contributed by atoms with Gasteiger partial charge in [-0.15, -0.1) is 0 Å². The highest BCUT2D eigenvalue weighted by atomic mass is 79.9. The first-order chi connectivity index (χ1) is 11.6. The number of rotatable bonds is 10. The van der Waals surface area contributed by atoms with Gasteiger partial charge in [0.2, 0.25) is 5.91 Å². The Kier molecular flexibility index (Phi) is 7.50. The van der Waals surface area contributed by atoms with Gasteiger partial charge in [-0.3, -0.25) is 4.79 Å². The van der Waals surface area contributed by atoms with Gasteiger partial charge < -0.3 is 9.88 Å². The molecule has 0 bridgehead atoms. The Labute approximate surface area is 152 Å². The molecule has 0 unspecified atom stereocenters. The van der Waals surface area contributed by atoms with Gasteiger partial charge in [-0.05, 0) is 31.4 Å². The molecular weight excluding hydrogens is 366 g/mol. The normalized spacial score (nSPS) is 10.9. The van der Waals surface area contributed by atoms with Crippen LogP contribution in [0.2, 0.25) is 0 Å². The predicted molar refractivity (Wildman–Crippen MR) is 103 cm³/mol. The first-order valence-electron chi connectivity index (χ1n) is 8.66. The van der Waals surface area contributed by atoms with Crippen molar-refractivity contribution < 1.29 is 4.79 Å². The standard InChI is InChI=1S/C19H26BrN3O/c1-3-9-19(24)21-13-8-4-5-12-18-22-16-10-6-7-11-17(16)23(18)14-15(2)20/h6-7,10-11H,2-5,8-9,12-14H2,1H3,(H,21,24). The number of carbonyl (C=O) groups is 1. The third kappa shape index (κ3) is 5.48. The van der Waals surface area contributed by atoms with Crippen LogP contribution in [0.1, 0.15) is 44.9 Å². The summed E-state index contributed by atoms with van der Waals surface area (Å²) < 4.78 is 3.18. The zero-order valence-corrected chi connectivity index (χ0v) is 15.9. The molecule has 0 spiro atoms. The van der Waals surface area contributed by atoms with Crippen molar-refractivity contribution in [2.75, 3.05) is 6.54 Å². The van der Waals surface area contributed by atoms with Crippen molar-refractivity contribution in [1.29, 1.82) is 0 Å². The molecule has 0 fully saturated rings. The SMILES string of the molecule is C=C(Br)Cn1c(CCCCCNC(=O)CCC)nc2ccccc21. The van der Waals surface area contributed by atoms with E-state index in [9.17, 15) is 4.79 Å². The van der Waals surface area contributed by atoms with Gasteiger partial charge in [-0.2, -0.15) is 0 Å². The van der Waals surface area contributed by atoms with Crippen molar-refractivity contribution >= 4 is 32.9 Å². The number of hydrogen-bond donors (Lipinski definition) is 1. The Morgan fingerprint density at radius 2 is 2.08 bits per heavy atom. The molecule has 0 radical (unpaired) electrons. The van der Waals surface area contributed by atoms with Gasteiger partial charge in [0.25, 0.3) is 0 Å². The zero-order valence-electron chi connectivity index (χ0n) is 14.4.